The van der Waals surface area contributed by atoms with Gasteiger partial charge in [0.15, 0.2) is 0 Å². The van der Waals surface area contributed by atoms with Gasteiger partial charge in [0.05, 0.1) is 11.0 Å². The van der Waals surface area contributed by atoms with Crippen molar-refractivity contribution >= 4 is 34.4 Å². The first kappa shape index (κ1) is 12.7. The van der Waals surface area contributed by atoms with Crippen LogP contribution in [0, 0.1) is 10.1 Å². The maximum atomic E-state index is 10.9. The Morgan fingerprint density at radius 3 is 2.94 bits per heavy atom. The van der Waals surface area contributed by atoms with E-state index in [2.05, 4.69) is 15.3 Å². The summed E-state index contributed by atoms with van der Waals surface area (Å²) in [6.45, 7) is 1.85. The van der Waals surface area contributed by atoms with Crippen LogP contribution in [0.15, 0.2) is 23.7 Å². The molecule has 0 aromatic carbocycles. The number of hydrogen-bond acceptors (Lipinski definition) is 6. The van der Waals surface area contributed by atoms with Gasteiger partial charge in [-0.25, -0.2) is 9.97 Å². The molecule has 0 aliphatic heterocycles. The molecule has 0 aliphatic rings. The molecule has 2 aromatic rings. The third kappa shape index (κ3) is 2.74. The Labute approximate surface area is 112 Å². The molecule has 0 amide bonds. The van der Waals surface area contributed by atoms with Crippen LogP contribution in [-0.4, -0.2) is 14.9 Å². The summed E-state index contributed by atoms with van der Waals surface area (Å²) in [4.78, 5) is 18.4. The summed E-state index contributed by atoms with van der Waals surface area (Å²) >= 11 is 7.21. The van der Waals surface area contributed by atoms with Crippen molar-refractivity contribution < 1.29 is 4.92 Å². The van der Waals surface area contributed by atoms with Crippen molar-refractivity contribution in [3.05, 3.63) is 44.0 Å². The minimum atomic E-state index is -0.500. The summed E-state index contributed by atoms with van der Waals surface area (Å²) < 4.78 is 0. The standard InChI is InChI=1S/C10H9ClN4O2S/c1-6(10-12-4-5-18-10)13-9-7(15(16)17)2-3-8(11)14-9/h2-6H,1H3,(H,13,14). The first-order valence-electron chi connectivity index (χ1n) is 5.05. The number of pyridine rings is 1. The quantitative estimate of drug-likeness (QED) is 0.529. The molecule has 0 saturated carbocycles. The highest BCUT2D eigenvalue weighted by Gasteiger charge is 2.18. The number of halogens is 1. The van der Waals surface area contributed by atoms with Crippen LogP contribution in [0.4, 0.5) is 11.5 Å². The predicted octanol–water partition coefficient (Wildman–Crippen LogP) is 3.27. The van der Waals surface area contributed by atoms with Gasteiger partial charge in [0, 0.05) is 17.6 Å². The summed E-state index contributed by atoms with van der Waals surface area (Å²) in [5.41, 5.74) is -0.109. The van der Waals surface area contributed by atoms with Gasteiger partial charge >= 0.3 is 5.69 Å². The van der Waals surface area contributed by atoms with Gasteiger partial charge in [-0.05, 0) is 13.0 Å². The van der Waals surface area contributed by atoms with E-state index < -0.39 is 4.92 Å². The van der Waals surface area contributed by atoms with Gasteiger partial charge in [0.2, 0.25) is 5.82 Å². The number of aromatic nitrogens is 2. The van der Waals surface area contributed by atoms with E-state index in [9.17, 15) is 10.1 Å². The van der Waals surface area contributed by atoms with Crippen LogP contribution < -0.4 is 5.32 Å². The third-order valence-electron chi connectivity index (χ3n) is 2.21. The topological polar surface area (TPSA) is 81.0 Å². The van der Waals surface area contributed by atoms with E-state index in [4.69, 9.17) is 11.6 Å². The zero-order valence-corrected chi connectivity index (χ0v) is 10.9. The lowest BCUT2D eigenvalue weighted by Crippen LogP contribution is -2.09. The molecular formula is C10H9ClN4O2S. The van der Waals surface area contributed by atoms with E-state index in [-0.39, 0.29) is 22.7 Å². The lowest BCUT2D eigenvalue weighted by molar-refractivity contribution is -0.384. The Balaban J connectivity index is 2.28. The second-order valence-electron chi connectivity index (χ2n) is 3.50. The van der Waals surface area contributed by atoms with Gasteiger partial charge < -0.3 is 5.32 Å². The molecule has 0 bridgehead atoms. The van der Waals surface area contributed by atoms with Crippen molar-refractivity contribution in [1.29, 1.82) is 0 Å². The smallest absolute Gasteiger partial charge is 0.311 e. The Hall–Kier alpha value is -1.73. The highest BCUT2D eigenvalue weighted by molar-refractivity contribution is 7.09. The van der Waals surface area contributed by atoms with E-state index >= 15 is 0 Å². The number of anilines is 1. The molecule has 1 unspecified atom stereocenters. The zero-order chi connectivity index (χ0) is 13.1. The molecule has 1 N–H and O–H groups in total. The molecule has 94 valence electrons. The summed E-state index contributed by atoms with van der Waals surface area (Å²) in [7, 11) is 0. The van der Waals surface area contributed by atoms with Crippen molar-refractivity contribution in [2.24, 2.45) is 0 Å². The van der Waals surface area contributed by atoms with Crippen molar-refractivity contribution in [3.63, 3.8) is 0 Å². The van der Waals surface area contributed by atoms with Crippen molar-refractivity contribution in [3.8, 4) is 0 Å². The third-order valence-corrected chi connectivity index (χ3v) is 3.38. The average Bonchev–Trinajstić information content (AvgIpc) is 2.81. The normalized spacial score (nSPS) is 12.1. The Morgan fingerprint density at radius 1 is 1.56 bits per heavy atom. The monoisotopic (exact) mass is 284 g/mol. The molecule has 2 heterocycles. The highest BCUT2D eigenvalue weighted by atomic mass is 35.5. The largest absolute Gasteiger partial charge is 0.355 e. The molecule has 8 heteroatoms. The Kier molecular flexibility index (Phi) is 3.73. The maximum Gasteiger partial charge on any atom is 0.311 e. The van der Waals surface area contributed by atoms with Gasteiger partial charge in [0.1, 0.15) is 10.2 Å². The Morgan fingerprint density at radius 2 is 2.33 bits per heavy atom. The zero-order valence-electron chi connectivity index (χ0n) is 9.33. The van der Waals surface area contributed by atoms with E-state index in [0.29, 0.717) is 0 Å². The number of nitro groups is 1. The van der Waals surface area contributed by atoms with Gasteiger partial charge in [-0.15, -0.1) is 11.3 Å². The molecule has 0 radical (unpaired) electrons. The van der Waals surface area contributed by atoms with Crippen molar-refractivity contribution in [1.82, 2.24) is 9.97 Å². The van der Waals surface area contributed by atoms with Gasteiger partial charge in [-0.1, -0.05) is 11.6 Å². The summed E-state index contributed by atoms with van der Waals surface area (Å²) in [5.74, 6) is 0.148. The fourth-order valence-corrected chi connectivity index (χ4v) is 2.19. The molecular weight excluding hydrogens is 276 g/mol. The van der Waals surface area contributed by atoms with E-state index in [1.54, 1.807) is 6.20 Å². The van der Waals surface area contributed by atoms with Crippen LogP contribution in [-0.2, 0) is 0 Å². The molecule has 0 spiro atoms. The molecule has 0 saturated heterocycles. The second-order valence-corrected chi connectivity index (χ2v) is 4.81. The lowest BCUT2D eigenvalue weighted by Gasteiger charge is -2.11. The summed E-state index contributed by atoms with van der Waals surface area (Å²) in [6, 6.07) is 2.54. The summed E-state index contributed by atoms with van der Waals surface area (Å²) in [5, 5.41) is 16.7. The minimum Gasteiger partial charge on any atom is -0.355 e. The number of rotatable bonds is 4. The lowest BCUT2D eigenvalue weighted by atomic mass is 10.3. The molecule has 2 aromatic heterocycles. The van der Waals surface area contributed by atoms with Gasteiger partial charge in [0.25, 0.3) is 0 Å². The fraction of sp³-hybridized carbons (Fsp3) is 0.200. The van der Waals surface area contributed by atoms with Gasteiger partial charge in [-0.2, -0.15) is 0 Å². The minimum absolute atomic E-state index is 0.109. The average molecular weight is 285 g/mol. The SMILES string of the molecule is CC(Nc1nc(Cl)ccc1[N+](=O)[O-])c1nccs1. The molecule has 18 heavy (non-hydrogen) atoms. The van der Waals surface area contributed by atoms with E-state index in [1.807, 2.05) is 12.3 Å². The van der Waals surface area contributed by atoms with Gasteiger partial charge in [-0.3, -0.25) is 10.1 Å². The van der Waals surface area contributed by atoms with Crippen LogP contribution in [0.2, 0.25) is 5.15 Å². The van der Waals surface area contributed by atoms with Crippen molar-refractivity contribution in [2.75, 3.05) is 5.32 Å². The maximum absolute atomic E-state index is 10.9. The number of nitrogens with zero attached hydrogens (tertiary/aromatic N) is 3. The van der Waals surface area contributed by atoms with E-state index in [1.165, 1.54) is 23.5 Å². The first-order chi connectivity index (χ1) is 8.58. The number of thiazole rings is 1. The molecule has 2 rings (SSSR count). The van der Waals surface area contributed by atoms with Crippen LogP contribution in [0.25, 0.3) is 0 Å². The van der Waals surface area contributed by atoms with Crippen LogP contribution in [0.1, 0.15) is 18.0 Å². The van der Waals surface area contributed by atoms with Crippen molar-refractivity contribution in [2.45, 2.75) is 13.0 Å². The number of nitrogens with one attached hydrogen (secondary N) is 1. The predicted molar refractivity (Wildman–Crippen MR) is 70.1 cm³/mol. The van der Waals surface area contributed by atoms with Crippen LogP contribution >= 0.6 is 22.9 Å². The molecule has 0 fully saturated rings. The van der Waals surface area contributed by atoms with Crippen LogP contribution in [0.5, 0.6) is 0 Å². The molecule has 0 aliphatic carbocycles. The Bertz CT molecular complexity index is 561. The second kappa shape index (κ2) is 5.28. The summed E-state index contributed by atoms with van der Waals surface area (Å²) in [6.07, 6.45) is 1.68. The first-order valence-corrected chi connectivity index (χ1v) is 6.30. The molecule has 1 atom stereocenters. The number of hydrogen-bond donors (Lipinski definition) is 1. The van der Waals surface area contributed by atoms with Crippen LogP contribution in [0.3, 0.4) is 0 Å². The highest BCUT2D eigenvalue weighted by Crippen LogP contribution is 2.28. The molecule has 6 nitrogen and oxygen atoms in total. The fourth-order valence-electron chi connectivity index (χ4n) is 1.40. The van der Waals surface area contributed by atoms with E-state index in [0.717, 1.165) is 5.01 Å².